The van der Waals surface area contributed by atoms with E-state index in [0.717, 1.165) is 0 Å². The van der Waals surface area contributed by atoms with Crippen LogP contribution in [0, 0.1) is 11.3 Å². The average molecular weight is 310 g/mol. The summed E-state index contributed by atoms with van der Waals surface area (Å²) in [6.45, 7) is 3.79. The van der Waals surface area contributed by atoms with Gasteiger partial charge >= 0.3 is 5.97 Å². The van der Waals surface area contributed by atoms with E-state index in [-0.39, 0.29) is 0 Å². The number of hydrogen-bond acceptors (Lipinski definition) is 5. The number of halogens is 1. The van der Waals surface area contributed by atoms with Crippen molar-refractivity contribution in [3.63, 3.8) is 0 Å². The Hall–Kier alpha value is -2.19. The van der Waals surface area contributed by atoms with Gasteiger partial charge in [-0.3, -0.25) is 0 Å². The van der Waals surface area contributed by atoms with Gasteiger partial charge < -0.3 is 14.2 Å². The van der Waals surface area contributed by atoms with Crippen molar-refractivity contribution in [2.24, 2.45) is 0 Å². The van der Waals surface area contributed by atoms with Crippen LogP contribution in [0.2, 0.25) is 5.02 Å². The van der Waals surface area contributed by atoms with Gasteiger partial charge in [0, 0.05) is 6.08 Å². The number of ether oxygens (including phenoxy) is 3. The highest BCUT2D eigenvalue weighted by atomic mass is 35.5. The highest BCUT2D eigenvalue weighted by Gasteiger charge is 2.11. The van der Waals surface area contributed by atoms with Gasteiger partial charge in [0.2, 0.25) is 0 Å². The number of nitriles is 1. The van der Waals surface area contributed by atoms with Crippen LogP contribution in [-0.4, -0.2) is 25.8 Å². The first-order valence-electron chi connectivity index (χ1n) is 6.30. The predicted molar refractivity (Wildman–Crippen MR) is 79.4 cm³/mol. The number of benzene rings is 1. The van der Waals surface area contributed by atoms with Crippen LogP contribution in [0.1, 0.15) is 19.4 Å². The Morgan fingerprint density at radius 1 is 1.52 bits per heavy atom. The lowest BCUT2D eigenvalue weighted by Crippen LogP contribution is -2.10. The summed E-state index contributed by atoms with van der Waals surface area (Å²) in [4.78, 5) is 11.4. The van der Waals surface area contributed by atoms with Gasteiger partial charge in [-0.2, -0.15) is 5.26 Å². The van der Waals surface area contributed by atoms with Crippen LogP contribution in [-0.2, 0) is 9.53 Å². The van der Waals surface area contributed by atoms with Crippen molar-refractivity contribution in [2.75, 3.05) is 13.7 Å². The molecule has 0 aliphatic heterocycles. The molecule has 0 bridgehead atoms. The number of hydrogen-bond donors (Lipinski definition) is 0. The summed E-state index contributed by atoms with van der Waals surface area (Å²) in [6, 6.07) is 5.14. The molecule has 0 fully saturated rings. The van der Waals surface area contributed by atoms with E-state index in [1.165, 1.54) is 26.2 Å². The Balaban J connectivity index is 2.92. The van der Waals surface area contributed by atoms with Crippen LogP contribution in [0.25, 0.3) is 6.08 Å². The third kappa shape index (κ3) is 5.01. The molecule has 112 valence electrons. The first kappa shape index (κ1) is 16.9. The monoisotopic (exact) mass is 309 g/mol. The fourth-order valence-electron chi connectivity index (χ4n) is 1.52. The molecule has 0 aliphatic rings. The largest absolute Gasteiger partial charge is 0.493 e. The Bertz CT molecular complexity index is 578. The second kappa shape index (κ2) is 8.18. The van der Waals surface area contributed by atoms with Crippen LogP contribution in [0.15, 0.2) is 18.2 Å². The zero-order valence-corrected chi connectivity index (χ0v) is 12.8. The van der Waals surface area contributed by atoms with E-state index in [4.69, 9.17) is 31.1 Å². The van der Waals surface area contributed by atoms with E-state index in [1.807, 2.05) is 13.0 Å². The summed E-state index contributed by atoms with van der Waals surface area (Å²) in [5, 5.41) is 8.94. The van der Waals surface area contributed by atoms with Gasteiger partial charge in [-0.25, -0.2) is 4.79 Å². The molecule has 0 unspecified atom stereocenters. The van der Waals surface area contributed by atoms with Gasteiger partial charge in [0.1, 0.15) is 6.07 Å². The maximum atomic E-state index is 11.4. The average Bonchev–Trinajstić information content (AvgIpc) is 2.47. The van der Waals surface area contributed by atoms with Crippen LogP contribution in [0.4, 0.5) is 0 Å². The summed E-state index contributed by atoms with van der Waals surface area (Å²) in [6.07, 6.45) is 1.95. The minimum atomic E-state index is -0.791. The highest BCUT2D eigenvalue weighted by molar-refractivity contribution is 6.32. The summed E-state index contributed by atoms with van der Waals surface area (Å²) in [5.41, 5.74) is 0.655. The van der Waals surface area contributed by atoms with Crippen molar-refractivity contribution >= 4 is 23.6 Å². The fraction of sp³-hybridized carbons (Fsp3) is 0.333. The molecule has 1 aromatic carbocycles. The zero-order chi connectivity index (χ0) is 15.8. The summed E-state index contributed by atoms with van der Waals surface area (Å²) in [5.74, 6) is 0.329. The molecular weight excluding hydrogens is 294 g/mol. The van der Waals surface area contributed by atoms with Crippen molar-refractivity contribution in [3.05, 3.63) is 28.8 Å². The number of carbonyl (C=O) groups excluding carboxylic acids is 1. The molecular formula is C15H16ClNO4. The Morgan fingerprint density at radius 2 is 2.24 bits per heavy atom. The first-order valence-corrected chi connectivity index (χ1v) is 6.68. The molecule has 0 saturated heterocycles. The van der Waals surface area contributed by atoms with Crippen molar-refractivity contribution < 1.29 is 19.0 Å². The van der Waals surface area contributed by atoms with E-state index in [2.05, 4.69) is 0 Å². The summed E-state index contributed by atoms with van der Waals surface area (Å²) < 4.78 is 15.4. The highest BCUT2D eigenvalue weighted by Crippen LogP contribution is 2.36. The van der Waals surface area contributed by atoms with E-state index in [9.17, 15) is 4.79 Å². The minimum absolute atomic E-state index is 0.384. The van der Waals surface area contributed by atoms with Crippen molar-refractivity contribution in [1.82, 2.24) is 0 Å². The van der Waals surface area contributed by atoms with E-state index in [0.29, 0.717) is 28.7 Å². The van der Waals surface area contributed by atoms with E-state index >= 15 is 0 Å². The van der Waals surface area contributed by atoms with Gasteiger partial charge in [-0.05, 0) is 37.6 Å². The molecule has 21 heavy (non-hydrogen) atoms. The minimum Gasteiger partial charge on any atom is -0.493 e. The summed E-state index contributed by atoms with van der Waals surface area (Å²) >= 11 is 6.12. The molecule has 5 nitrogen and oxygen atoms in total. The smallest absolute Gasteiger partial charge is 0.332 e. The second-order valence-electron chi connectivity index (χ2n) is 4.01. The van der Waals surface area contributed by atoms with Gasteiger partial charge in [-0.1, -0.05) is 11.6 Å². The Kier molecular flexibility index (Phi) is 6.57. The second-order valence-corrected chi connectivity index (χ2v) is 4.42. The molecule has 0 N–H and O–H groups in total. The predicted octanol–water partition coefficient (Wildman–Crippen LogP) is 3.22. The molecule has 0 aliphatic carbocycles. The number of carbonyl (C=O) groups is 1. The van der Waals surface area contributed by atoms with E-state index in [1.54, 1.807) is 12.1 Å². The lowest BCUT2D eigenvalue weighted by molar-refractivity contribution is -0.139. The van der Waals surface area contributed by atoms with Gasteiger partial charge in [0.15, 0.2) is 17.6 Å². The molecule has 0 aromatic heterocycles. The molecule has 1 rings (SSSR count). The normalized spacial score (nSPS) is 11.8. The number of esters is 1. The van der Waals surface area contributed by atoms with Crippen LogP contribution >= 0.6 is 11.6 Å². The quantitative estimate of drug-likeness (QED) is 0.596. The van der Waals surface area contributed by atoms with Crippen LogP contribution in [0.3, 0.4) is 0 Å². The standard InChI is InChI=1S/C15H16ClNO4/c1-4-20-15-12(16)7-11(8-13(15)19-3)5-6-14(18)21-10(2)9-17/h5-8,10H,4H2,1-3H3/b6-5+/t10-/m1/s1. The molecule has 1 atom stereocenters. The molecule has 0 radical (unpaired) electrons. The maximum Gasteiger partial charge on any atom is 0.332 e. The summed E-state index contributed by atoms with van der Waals surface area (Å²) in [7, 11) is 1.50. The Labute approximate surface area is 128 Å². The van der Waals surface area contributed by atoms with Crippen molar-refractivity contribution in [3.8, 4) is 17.6 Å². The van der Waals surface area contributed by atoms with Crippen LogP contribution < -0.4 is 9.47 Å². The van der Waals surface area contributed by atoms with Crippen molar-refractivity contribution in [2.45, 2.75) is 20.0 Å². The molecule has 0 heterocycles. The first-order chi connectivity index (χ1) is 10.0. The Morgan fingerprint density at radius 3 is 2.81 bits per heavy atom. The lowest BCUT2D eigenvalue weighted by atomic mass is 10.2. The number of methoxy groups -OCH3 is 1. The molecule has 0 saturated carbocycles. The maximum absolute atomic E-state index is 11.4. The fourth-order valence-corrected chi connectivity index (χ4v) is 1.80. The third-order valence-electron chi connectivity index (χ3n) is 2.43. The third-order valence-corrected chi connectivity index (χ3v) is 2.71. The zero-order valence-electron chi connectivity index (χ0n) is 12.1. The number of nitrogens with zero attached hydrogens (tertiary/aromatic N) is 1. The van der Waals surface area contributed by atoms with Crippen LogP contribution in [0.5, 0.6) is 11.5 Å². The molecule has 0 amide bonds. The van der Waals surface area contributed by atoms with E-state index < -0.39 is 12.1 Å². The number of rotatable bonds is 6. The lowest BCUT2D eigenvalue weighted by Gasteiger charge is -2.11. The van der Waals surface area contributed by atoms with Gasteiger partial charge in [-0.15, -0.1) is 0 Å². The molecule has 0 spiro atoms. The SMILES string of the molecule is CCOc1c(Cl)cc(/C=C/C(=O)O[C@H](C)C#N)cc1OC. The molecule has 6 heteroatoms. The topological polar surface area (TPSA) is 68.5 Å². The molecule has 1 aromatic rings. The van der Waals surface area contributed by atoms with Gasteiger partial charge in [0.25, 0.3) is 0 Å². The van der Waals surface area contributed by atoms with Gasteiger partial charge in [0.05, 0.1) is 18.7 Å². The van der Waals surface area contributed by atoms with Crippen molar-refractivity contribution in [1.29, 1.82) is 5.26 Å².